The van der Waals surface area contributed by atoms with Crippen LogP contribution >= 0.6 is 21.6 Å². The molecule has 0 bridgehead atoms. The lowest BCUT2D eigenvalue weighted by Gasteiger charge is -2.29. The van der Waals surface area contributed by atoms with Gasteiger partial charge in [-0.1, -0.05) is 87.5 Å². The van der Waals surface area contributed by atoms with Gasteiger partial charge in [0.15, 0.2) is 11.7 Å². The number of aromatic nitrogens is 4. The number of para-hydroxylation sites is 1. The predicted octanol–water partition coefficient (Wildman–Crippen LogP) is -2.35. The number of aliphatic hydroxyl groups excluding tert-OH is 2. The molecule has 1 aliphatic rings. The Balaban J connectivity index is 1.35. The van der Waals surface area contributed by atoms with E-state index in [0.717, 1.165) is 40.1 Å². The number of hydrogen-bond donors (Lipinski definition) is 16. The van der Waals surface area contributed by atoms with Gasteiger partial charge in [-0.2, -0.15) is 0 Å². The van der Waals surface area contributed by atoms with Crippen LogP contribution in [0.3, 0.4) is 0 Å². The van der Waals surface area contributed by atoms with Gasteiger partial charge in [-0.25, -0.2) is 13.9 Å². The van der Waals surface area contributed by atoms with Gasteiger partial charge in [0.25, 0.3) is 5.91 Å². The summed E-state index contributed by atoms with van der Waals surface area (Å²) in [6.07, 6.45) is -0.910. The van der Waals surface area contributed by atoms with E-state index in [1.807, 2.05) is 0 Å². The fraction of sp³-hybridized carbons (Fsp3) is 0.441. The van der Waals surface area contributed by atoms with Crippen molar-refractivity contribution in [3.8, 4) is 5.75 Å². The molecular weight excluding hydrogens is 1240 g/mol. The number of phenols is 1. The Morgan fingerprint density at radius 2 is 1.41 bits per heavy atom. The number of phenolic OH excluding ortho intramolecular Hbond substituents is 1. The van der Waals surface area contributed by atoms with Crippen molar-refractivity contribution < 1.29 is 77.6 Å². The van der Waals surface area contributed by atoms with E-state index in [0.29, 0.717) is 34.0 Å². The first-order chi connectivity index (χ1) is 44.0. The Bertz CT molecular complexity index is 3360. The second-order valence-corrected chi connectivity index (χ2v) is 24.1. The van der Waals surface area contributed by atoms with Crippen LogP contribution in [0.25, 0.3) is 10.9 Å². The Hall–Kier alpha value is -9.18. The first-order valence-corrected chi connectivity index (χ1v) is 31.9. The molecule has 496 valence electrons. The summed E-state index contributed by atoms with van der Waals surface area (Å²) in [5, 5.41) is 74.7. The molecule has 17 N–H and O–H groups in total. The zero-order chi connectivity index (χ0) is 66.9. The zero-order valence-corrected chi connectivity index (χ0v) is 51.9. The number of aryl methyl sites for hydroxylation is 1. The van der Waals surface area contributed by atoms with Crippen LogP contribution in [0.1, 0.15) is 66.7 Å². The summed E-state index contributed by atoms with van der Waals surface area (Å²) >= 11 is 0. The van der Waals surface area contributed by atoms with Crippen molar-refractivity contribution in [1.82, 2.24) is 73.1 Å². The van der Waals surface area contributed by atoms with Gasteiger partial charge in [0, 0.05) is 60.8 Å². The lowest BCUT2D eigenvalue weighted by molar-refractivity contribution is -0.145. The van der Waals surface area contributed by atoms with Crippen molar-refractivity contribution in [3.63, 3.8) is 0 Å². The number of rotatable bonds is 26. The third kappa shape index (κ3) is 22.3. The molecule has 33 heteroatoms. The van der Waals surface area contributed by atoms with Crippen molar-refractivity contribution in [2.75, 3.05) is 37.8 Å². The molecule has 2 aromatic heterocycles. The number of fused-ring (bicyclic) bond motifs is 1. The number of hydrogen-bond acceptors (Lipinski definition) is 19. The summed E-state index contributed by atoms with van der Waals surface area (Å²) in [6, 6.07) is 8.00. The minimum Gasteiger partial charge on any atom is -0.508 e. The SMILES string of the molecule is C[C@@H](O)[C@H](NC(=O)[C@@H]1CSSC[C@H](NC(=O)[C@@H](Cc2ccccc2)NC(=O)CNC(=O)CCNC(=O)c2cn(CC[18F])nn2)C(=O)N[C@@H](Cc2ccc(O)cc2)C(=O)N[C@H](Cc2c[nH]c3ccccc23)C(=O)N[C@@H](CCCCN)C(=O)N[C@@H]([C@@H](C)O)C(=O)N1)C(=O)O. The van der Waals surface area contributed by atoms with Gasteiger partial charge in [-0.15, -0.1) is 5.10 Å². The van der Waals surface area contributed by atoms with Crippen LogP contribution < -0.4 is 58.9 Å². The third-order valence-corrected chi connectivity index (χ3v) is 16.8. The van der Waals surface area contributed by atoms with Gasteiger partial charge in [0.1, 0.15) is 54.7 Å². The lowest BCUT2D eigenvalue weighted by Crippen LogP contribution is -2.62. The number of unbranched alkanes of at least 4 members (excludes halogenated alkanes) is 1. The smallest absolute Gasteiger partial charge is 0.328 e. The number of aromatic hydroxyl groups is 1. The number of halogens is 1. The number of benzene rings is 3. The number of aliphatic hydroxyl groups is 2. The highest BCUT2D eigenvalue weighted by Gasteiger charge is 2.38. The minimum absolute atomic E-state index is 0.0771. The Labute approximate surface area is 534 Å². The predicted molar refractivity (Wildman–Crippen MR) is 334 cm³/mol. The second-order valence-electron chi connectivity index (χ2n) is 21.5. The molecule has 10 amide bonds. The molecule has 92 heavy (non-hydrogen) atoms. The van der Waals surface area contributed by atoms with Crippen molar-refractivity contribution in [1.29, 1.82) is 0 Å². The number of carboxylic acids is 1. The number of nitrogens with two attached hydrogens (primary N) is 1. The van der Waals surface area contributed by atoms with Crippen molar-refractivity contribution in [2.45, 2.75) is 126 Å². The van der Waals surface area contributed by atoms with Crippen LogP contribution in [0.5, 0.6) is 5.75 Å². The molecule has 0 spiro atoms. The summed E-state index contributed by atoms with van der Waals surface area (Å²) in [5.74, 6) is -11.9. The number of carbonyl (C=O) groups is 11. The van der Waals surface area contributed by atoms with E-state index in [2.05, 4.69) is 68.5 Å². The summed E-state index contributed by atoms with van der Waals surface area (Å²) in [7, 11) is 1.66. The molecule has 0 unspecified atom stereocenters. The Morgan fingerprint density at radius 1 is 0.750 bits per heavy atom. The highest BCUT2D eigenvalue weighted by Crippen LogP contribution is 2.25. The molecule has 0 saturated carbocycles. The number of carbonyl (C=O) groups excluding carboxylic acids is 10. The molecule has 0 radical (unpaired) electrons. The summed E-state index contributed by atoms with van der Waals surface area (Å²) in [5.41, 5.74) is 7.84. The molecule has 10 atom stereocenters. The number of H-pyrrole nitrogens is 1. The van der Waals surface area contributed by atoms with E-state index in [4.69, 9.17) is 5.73 Å². The quantitative estimate of drug-likeness (QED) is 0.0204. The summed E-state index contributed by atoms with van der Waals surface area (Å²) in [6.45, 7) is 0.725. The Kier molecular flexibility index (Phi) is 28.1. The van der Waals surface area contributed by atoms with Gasteiger partial charge in [-0.05, 0) is 74.5 Å². The first-order valence-electron chi connectivity index (χ1n) is 29.4. The molecule has 6 rings (SSSR count). The zero-order valence-electron chi connectivity index (χ0n) is 50.2. The number of nitrogens with one attached hydrogen (secondary N) is 11. The first kappa shape index (κ1) is 71.9. The van der Waals surface area contributed by atoms with Crippen LogP contribution in [-0.4, -0.2) is 204 Å². The maximum Gasteiger partial charge on any atom is 0.328 e. The number of carboxylic acid groups (broad SMARTS) is 1. The van der Waals surface area contributed by atoms with Gasteiger partial charge >= 0.3 is 5.97 Å². The van der Waals surface area contributed by atoms with Crippen molar-refractivity contribution in [2.24, 2.45) is 5.73 Å². The standard InChI is InChI=1S/C59H76FN15O15S2/c1-32(76)49-58(88)70-46(57(87)72-50(33(2)77)59(89)90)31-92-91-30-45(69-53(83)41(24-34-10-4-3-5-11-34)65-48(80)28-64-47(79)19-22-62-51(81)44-29-75(23-20-60)74-73-44)56(86)67-42(25-35-15-17-37(78)18-16-35)54(84)68-43(26-36-27-63-39-13-7-6-12-38(36)39)55(85)66-40(52(82)71-49)14-8-9-21-61/h3-7,10-13,15-18,27,29,32-33,40-43,45-46,49-50,63,76-78H,8-9,14,19-26,28,30-31,61H2,1-2H3,(H,62,81)(H,64,79)(H,65,80)(H,66,85)(H,67,86)(H,68,84)(H,69,83)(H,70,88)(H,71,82)(H,72,87)(H,89,90)/t32-,33-,40+,41-,42+,43-,45+,46+,49+,50+/m1/s1/i60-1. The van der Waals surface area contributed by atoms with E-state index in [1.165, 1.54) is 30.5 Å². The van der Waals surface area contributed by atoms with Crippen LogP contribution in [-0.2, 0) is 73.8 Å². The number of nitrogens with zero attached hydrogens (tertiary/aromatic N) is 3. The fourth-order valence-electron chi connectivity index (χ4n) is 9.37. The van der Waals surface area contributed by atoms with Gasteiger partial charge in [0.2, 0.25) is 53.2 Å². The largest absolute Gasteiger partial charge is 0.508 e. The second kappa shape index (κ2) is 36.0. The van der Waals surface area contributed by atoms with Crippen LogP contribution in [0.2, 0.25) is 0 Å². The molecular formula is C59H76FN15O15S2. The summed E-state index contributed by atoms with van der Waals surface area (Å²) < 4.78 is 13.9. The van der Waals surface area contributed by atoms with E-state index < -0.39 is 150 Å². The van der Waals surface area contributed by atoms with E-state index in [-0.39, 0.29) is 69.6 Å². The van der Waals surface area contributed by atoms with Gasteiger partial charge < -0.3 is 84.3 Å². The average Bonchev–Trinajstić information content (AvgIpc) is 1.95. The normalized spacial score (nSPS) is 20.0. The highest BCUT2D eigenvalue weighted by molar-refractivity contribution is 8.76. The molecule has 1 saturated heterocycles. The van der Waals surface area contributed by atoms with E-state index in [1.54, 1.807) is 60.8 Å². The van der Waals surface area contributed by atoms with Gasteiger partial charge in [0.05, 0.1) is 31.5 Å². The fourth-order valence-corrected chi connectivity index (χ4v) is 11.7. The molecule has 3 aromatic carbocycles. The number of aliphatic carboxylic acids is 1. The molecule has 0 aliphatic carbocycles. The molecule has 3 heterocycles. The van der Waals surface area contributed by atoms with Crippen molar-refractivity contribution in [3.05, 3.63) is 114 Å². The molecule has 1 fully saturated rings. The third-order valence-electron chi connectivity index (χ3n) is 14.4. The monoisotopic (exact) mass is 1320 g/mol. The summed E-state index contributed by atoms with van der Waals surface area (Å²) in [4.78, 5) is 157. The van der Waals surface area contributed by atoms with E-state index in [9.17, 15) is 68.0 Å². The topological polar surface area (TPSA) is 462 Å². The van der Waals surface area contributed by atoms with Crippen molar-refractivity contribution >= 4 is 97.5 Å². The van der Waals surface area contributed by atoms with E-state index >= 15 is 9.59 Å². The number of alkyl halides is 1. The Morgan fingerprint density at radius 3 is 2.10 bits per heavy atom. The number of aromatic amines is 1. The maximum atomic E-state index is 15.0. The molecule has 1 aliphatic heterocycles. The lowest BCUT2D eigenvalue weighted by atomic mass is 10.0. The van der Waals surface area contributed by atoms with Crippen LogP contribution in [0, 0.1) is 0 Å². The van der Waals surface area contributed by atoms with Crippen LogP contribution in [0.15, 0.2) is 91.3 Å². The number of amides is 10. The minimum atomic E-state index is -1.89. The average molecular weight is 1320 g/mol. The highest BCUT2D eigenvalue weighted by atomic mass is 33.1. The molecule has 5 aromatic rings. The van der Waals surface area contributed by atoms with Gasteiger partial charge in [-0.3, -0.25) is 47.9 Å². The maximum absolute atomic E-state index is 15.0. The molecule has 30 nitrogen and oxygen atoms in total. The van der Waals surface area contributed by atoms with Crippen LogP contribution in [0.4, 0.5) is 4.39 Å².